The maximum atomic E-state index is 13.0. The average molecular weight is 1330 g/mol. The molecule has 0 heterocycles. The van der Waals surface area contributed by atoms with Gasteiger partial charge in [0.15, 0.2) is 12.2 Å². The minimum atomic E-state index is -4.95. The van der Waals surface area contributed by atoms with Gasteiger partial charge in [0.25, 0.3) is 0 Å². The molecule has 0 aromatic carbocycles. The van der Waals surface area contributed by atoms with Crippen molar-refractivity contribution in [2.75, 3.05) is 39.6 Å². The van der Waals surface area contributed by atoms with Crippen molar-refractivity contribution in [3.63, 3.8) is 0 Å². The molecule has 0 rings (SSSR count). The molecule has 0 aromatic heterocycles. The summed E-state index contributed by atoms with van der Waals surface area (Å²) in [6, 6.07) is 0. The van der Waals surface area contributed by atoms with Crippen molar-refractivity contribution in [3.8, 4) is 0 Å². The molecule has 0 fully saturated rings. The zero-order valence-electron chi connectivity index (χ0n) is 58.4. The highest BCUT2D eigenvalue weighted by Gasteiger charge is 2.30. The van der Waals surface area contributed by atoms with Crippen LogP contribution in [0, 0.1) is 11.8 Å². The van der Waals surface area contributed by atoms with Crippen LogP contribution in [-0.2, 0) is 65.4 Å². The van der Waals surface area contributed by atoms with Crippen molar-refractivity contribution in [1.82, 2.24) is 0 Å². The van der Waals surface area contributed by atoms with E-state index in [0.717, 1.165) is 115 Å². The van der Waals surface area contributed by atoms with E-state index in [9.17, 15) is 43.2 Å². The van der Waals surface area contributed by atoms with Crippen molar-refractivity contribution in [3.05, 3.63) is 0 Å². The second kappa shape index (κ2) is 63.1. The maximum Gasteiger partial charge on any atom is 0.472 e. The molecule has 19 heteroatoms. The van der Waals surface area contributed by atoms with Crippen LogP contribution >= 0.6 is 15.6 Å². The van der Waals surface area contributed by atoms with Crippen LogP contribution in [0.2, 0.25) is 0 Å². The van der Waals surface area contributed by atoms with Crippen molar-refractivity contribution in [1.29, 1.82) is 0 Å². The molecule has 0 aromatic rings. The largest absolute Gasteiger partial charge is 0.472 e. The number of phosphoric acid groups is 2. The smallest absolute Gasteiger partial charge is 0.462 e. The fourth-order valence-electron chi connectivity index (χ4n) is 10.8. The van der Waals surface area contributed by atoms with Gasteiger partial charge in [0.2, 0.25) is 0 Å². The number of ether oxygens (including phenoxy) is 4. The molecule has 17 nitrogen and oxygen atoms in total. The molecule has 0 radical (unpaired) electrons. The van der Waals surface area contributed by atoms with Gasteiger partial charge in [-0.1, -0.05) is 311 Å². The first-order valence-electron chi connectivity index (χ1n) is 37.0. The van der Waals surface area contributed by atoms with Crippen molar-refractivity contribution in [2.45, 2.75) is 381 Å². The summed E-state index contributed by atoms with van der Waals surface area (Å²) in [7, 11) is -9.89. The SMILES string of the molecule is CCCCCCCCCCCCCC(=O)O[C@H](COC(=O)CCCCCCCCC)COP(=O)(O)OC[C@H](O)COP(=O)(O)OC[C@@H](COC(=O)CCCCCCCCCCCCC(C)C)OC(=O)CCCCCCCCCCCCCCCCCCC(C)C. The van der Waals surface area contributed by atoms with Gasteiger partial charge in [0, 0.05) is 25.7 Å². The van der Waals surface area contributed by atoms with Gasteiger partial charge >= 0.3 is 39.5 Å². The Morgan fingerprint density at radius 1 is 0.300 bits per heavy atom. The second-order valence-corrected chi connectivity index (χ2v) is 29.5. The van der Waals surface area contributed by atoms with Crippen LogP contribution in [-0.4, -0.2) is 96.7 Å². The fraction of sp³-hybridized carbons (Fsp3) is 0.944. The molecule has 0 amide bonds. The summed E-state index contributed by atoms with van der Waals surface area (Å²) < 4.78 is 68.2. The van der Waals surface area contributed by atoms with Gasteiger partial charge < -0.3 is 33.8 Å². The summed E-state index contributed by atoms with van der Waals surface area (Å²) >= 11 is 0. The van der Waals surface area contributed by atoms with Crippen LogP contribution in [0.1, 0.15) is 363 Å². The van der Waals surface area contributed by atoms with Gasteiger partial charge in [-0.15, -0.1) is 0 Å². The molecule has 0 aliphatic heterocycles. The maximum absolute atomic E-state index is 13.0. The average Bonchev–Trinajstić information content (AvgIpc) is 2.82. The van der Waals surface area contributed by atoms with Crippen molar-refractivity contribution < 1.29 is 80.2 Å². The first-order valence-corrected chi connectivity index (χ1v) is 40.0. The number of hydrogen-bond donors (Lipinski definition) is 3. The van der Waals surface area contributed by atoms with Crippen molar-refractivity contribution >= 4 is 39.5 Å². The number of carbonyl (C=O) groups excluding carboxylic acids is 4. The highest BCUT2D eigenvalue weighted by atomic mass is 31.2. The zero-order chi connectivity index (χ0) is 66.5. The van der Waals surface area contributed by atoms with Gasteiger partial charge in [-0.3, -0.25) is 37.3 Å². The Morgan fingerprint density at radius 2 is 0.511 bits per heavy atom. The molecule has 0 aliphatic carbocycles. The van der Waals surface area contributed by atoms with E-state index in [1.165, 1.54) is 167 Å². The summed E-state index contributed by atoms with van der Waals surface area (Å²) in [5.74, 6) is -0.559. The third-order valence-corrected chi connectivity index (χ3v) is 18.4. The lowest BCUT2D eigenvalue weighted by atomic mass is 10.0. The van der Waals surface area contributed by atoms with E-state index < -0.39 is 97.5 Å². The van der Waals surface area contributed by atoms with Crippen LogP contribution in [0.3, 0.4) is 0 Å². The molecule has 0 aliphatic rings. The molecule has 0 saturated carbocycles. The predicted molar refractivity (Wildman–Crippen MR) is 363 cm³/mol. The normalized spacial score (nSPS) is 14.1. The first-order chi connectivity index (χ1) is 43.4. The Bertz CT molecular complexity index is 1750. The molecular formula is C71H138O17P2. The number of hydrogen-bond acceptors (Lipinski definition) is 15. The number of esters is 4. The minimum Gasteiger partial charge on any atom is -0.462 e. The second-order valence-electron chi connectivity index (χ2n) is 26.6. The first kappa shape index (κ1) is 88.1. The van der Waals surface area contributed by atoms with E-state index in [0.29, 0.717) is 25.7 Å². The lowest BCUT2D eigenvalue weighted by Gasteiger charge is -2.21. The molecule has 90 heavy (non-hydrogen) atoms. The monoisotopic (exact) mass is 1320 g/mol. The summed E-state index contributed by atoms with van der Waals surface area (Å²) in [4.78, 5) is 72.4. The van der Waals surface area contributed by atoms with Crippen molar-refractivity contribution in [2.24, 2.45) is 11.8 Å². The molecule has 0 spiro atoms. The Labute approximate surface area is 549 Å². The van der Waals surface area contributed by atoms with Gasteiger partial charge in [0.1, 0.15) is 19.3 Å². The van der Waals surface area contributed by atoms with Gasteiger partial charge in [-0.05, 0) is 37.5 Å². The van der Waals surface area contributed by atoms with Gasteiger partial charge in [-0.2, -0.15) is 0 Å². The fourth-order valence-corrected chi connectivity index (χ4v) is 12.3. The summed E-state index contributed by atoms with van der Waals surface area (Å²) in [5.41, 5.74) is 0. The van der Waals surface area contributed by atoms with Crippen LogP contribution in [0.25, 0.3) is 0 Å². The van der Waals surface area contributed by atoms with E-state index in [2.05, 4.69) is 41.5 Å². The lowest BCUT2D eigenvalue weighted by molar-refractivity contribution is -0.161. The molecular weight excluding hydrogens is 1190 g/mol. The Balaban J connectivity index is 5.18. The zero-order valence-corrected chi connectivity index (χ0v) is 60.2. The van der Waals surface area contributed by atoms with Crippen LogP contribution in [0.15, 0.2) is 0 Å². The molecule has 0 bridgehead atoms. The summed E-state index contributed by atoms with van der Waals surface area (Å²) in [5, 5.41) is 10.6. The Hall–Kier alpha value is -1.94. The van der Waals surface area contributed by atoms with Crippen LogP contribution < -0.4 is 0 Å². The van der Waals surface area contributed by atoms with E-state index in [1.54, 1.807) is 0 Å². The highest BCUT2D eigenvalue weighted by molar-refractivity contribution is 7.47. The minimum absolute atomic E-state index is 0.106. The Kier molecular flexibility index (Phi) is 61.8. The quantitative estimate of drug-likeness (QED) is 0.0222. The topological polar surface area (TPSA) is 237 Å². The number of rotatable bonds is 70. The van der Waals surface area contributed by atoms with E-state index in [-0.39, 0.29) is 25.7 Å². The van der Waals surface area contributed by atoms with E-state index >= 15 is 0 Å². The number of phosphoric ester groups is 2. The number of carbonyl (C=O) groups is 4. The number of aliphatic hydroxyl groups excluding tert-OH is 1. The predicted octanol–water partition coefficient (Wildman–Crippen LogP) is 20.4. The molecule has 2 unspecified atom stereocenters. The molecule has 3 N–H and O–H groups in total. The molecule has 5 atom stereocenters. The summed E-state index contributed by atoms with van der Waals surface area (Å²) in [6.45, 7) is 9.54. The van der Waals surface area contributed by atoms with Crippen LogP contribution in [0.5, 0.6) is 0 Å². The number of aliphatic hydroxyl groups is 1. The Morgan fingerprint density at radius 3 is 0.756 bits per heavy atom. The van der Waals surface area contributed by atoms with Gasteiger partial charge in [-0.25, -0.2) is 9.13 Å². The van der Waals surface area contributed by atoms with E-state index in [1.807, 2.05) is 0 Å². The lowest BCUT2D eigenvalue weighted by Crippen LogP contribution is -2.30. The number of unbranched alkanes of at least 4 members (excludes halogenated alkanes) is 40. The molecule has 0 saturated heterocycles. The molecule has 534 valence electrons. The summed E-state index contributed by atoms with van der Waals surface area (Å²) in [6.07, 6.45) is 48.7. The third-order valence-electron chi connectivity index (χ3n) is 16.5. The van der Waals surface area contributed by atoms with Crippen LogP contribution in [0.4, 0.5) is 0 Å². The van der Waals surface area contributed by atoms with E-state index in [4.69, 9.17) is 37.0 Å². The third kappa shape index (κ3) is 64.8. The highest BCUT2D eigenvalue weighted by Crippen LogP contribution is 2.45. The standard InChI is InChI=1S/C71H138O17P2/c1-7-9-11-13-15-16-23-31-37-43-49-55-70(75)87-66(59-81-68(73)53-47-41-33-14-12-10-8-2)61-85-89(77,78)83-57-65(72)58-84-90(79,80)86-62-67(60-82-69(74)54-48-42-36-30-27-26-29-35-40-46-52-64(5)6)88-71(76)56-50-44-38-32-25-22-20-18-17-19-21-24-28-34-39-45-51-63(3)4/h63-67,72H,7-62H2,1-6H3,(H,77,78)(H,79,80)/t65-,66+,67+/m0/s1. The van der Waals surface area contributed by atoms with Gasteiger partial charge in [0.05, 0.1) is 26.4 Å².